The Kier molecular flexibility index (Phi) is 6.35. The molecule has 0 aromatic heterocycles. The molecule has 2 N–H and O–H groups in total. The molecule has 26 heavy (non-hydrogen) atoms. The maximum Gasteiger partial charge on any atom is 0.261 e. The van der Waals surface area contributed by atoms with Crippen LogP contribution in [0.2, 0.25) is 10.0 Å². The van der Waals surface area contributed by atoms with E-state index in [1.807, 2.05) is 0 Å². The van der Waals surface area contributed by atoms with E-state index in [1.54, 1.807) is 18.2 Å². The van der Waals surface area contributed by atoms with Crippen LogP contribution in [0.25, 0.3) is 0 Å². The second kappa shape index (κ2) is 8.35. The van der Waals surface area contributed by atoms with Crippen molar-refractivity contribution in [3.63, 3.8) is 0 Å². The number of benzene rings is 2. The summed E-state index contributed by atoms with van der Waals surface area (Å²) in [4.78, 5) is 0.153. The Labute approximate surface area is 171 Å². The predicted molar refractivity (Wildman–Crippen MR) is 110 cm³/mol. The van der Waals surface area contributed by atoms with Gasteiger partial charge >= 0.3 is 0 Å². The molecule has 0 atom stereocenters. The van der Waals surface area contributed by atoms with Gasteiger partial charge in [-0.15, -0.1) is 0 Å². The summed E-state index contributed by atoms with van der Waals surface area (Å²) in [6.45, 7) is 1.78. The maximum atomic E-state index is 12.6. The molecule has 1 heterocycles. The summed E-state index contributed by atoms with van der Waals surface area (Å²) >= 11 is 16.2. The first-order valence-corrected chi connectivity index (χ1v) is 11.2. The Morgan fingerprint density at radius 2 is 1.69 bits per heavy atom. The molecule has 1 saturated heterocycles. The molecule has 0 saturated carbocycles. The Bertz CT molecular complexity index is 889. The molecule has 0 unspecified atom stereocenters. The maximum absolute atomic E-state index is 12.6. The van der Waals surface area contributed by atoms with Crippen LogP contribution in [0.4, 0.5) is 11.4 Å². The number of nitrogens with one attached hydrogen (secondary N) is 2. The normalized spacial score (nSPS) is 15.7. The molecule has 1 aliphatic heterocycles. The van der Waals surface area contributed by atoms with E-state index in [1.165, 1.54) is 24.6 Å². The summed E-state index contributed by atoms with van der Waals surface area (Å²) in [6.07, 6.45) is 3.39. The van der Waals surface area contributed by atoms with Gasteiger partial charge in [0.25, 0.3) is 10.0 Å². The fourth-order valence-electron chi connectivity index (χ4n) is 2.74. The minimum Gasteiger partial charge on any atom is -0.316 e. The van der Waals surface area contributed by atoms with Crippen LogP contribution >= 0.6 is 39.1 Å². The van der Waals surface area contributed by atoms with E-state index in [2.05, 4.69) is 31.1 Å². The van der Waals surface area contributed by atoms with E-state index < -0.39 is 10.0 Å². The van der Waals surface area contributed by atoms with Crippen LogP contribution in [0.1, 0.15) is 19.3 Å². The van der Waals surface area contributed by atoms with Gasteiger partial charge in [-0.05, 0) is 47.0 Å². The van der Waals surface area contributed by atoms with Crippen molar-refractivity contribution in [1.29, 1.82) is 0 Å². The summed E-state index contributed by atoms with van der Waals surface area (Å²) < 4.78 is 28.3. The number of halogens is 3. The number of anilines is 2. The fourth-order valence-corrected chi connectivity index (χ4v) is 4.84. The molecule has 0 spiro atoms. The molecule has 1 fully saturated rings. The molecule has 0 radical (unpaired) electrons. The summed E-state index contributed by atoms with van der Waals surface area (Å²) in [6, 6.07) is 9.61. The number of sulfonamides is 1. The zero-order valence-electron chi connectivity index (χ0n) is 13.8. The highest BCUT2D eigenvalue weighted by Gasteiger charge is 2.22. The van der Waals surface area contributed by atoms with Gasteiger partial charge in [0.1, 0.15) is 0 Å². The van der Waals surface area contributed by atoms with Crippen molar-refractivity contribution in [2.24, 2.45) is 0 Å². The second-order valence-corrected chi connectivity index (χ2v) is 9.25. The molecule has 2 aromatic carbocycles. The van der Waals surface area contributed by atoms with Gasteiger partial charge < -0.3 is 5.43 Å². The average molecular weight is 479 g/mol. The van der Waals surface area contributed by atoms with Gasteiger partial charge in [0, 0.05) is 13.1 Å². The van der Waals surface area contributed by atoms with Crippen LogP contribution in [-0.2, 0) is 10.0 Å². The molecule has 9 heteroatoms. The van der Waals surface area contributed by atoms with Crippen molar-refractivity contribution < 1.29 is 8.42 Å². The van der Waals surface area contributed by atoms with Gasteiger partial charge in [0.05, 0.1) is 30.8 Å². The van der Waals surface area contributed by atoms with Crippen molar-refractivity contribution in [3.05, 3.63) is 50.9 Å². The molecule has 1 aliphatic rings. The number of rotatable bonds is 5. The Balaban J connectivity index is 1.93. The van der Waals surface area contributed by atoms with Gasteiger partial charge in [-0.1, -0.05) is 47.8 Å². The minimum atomic E-state index is -3.77. The van der Waals surface area contributed by atoms with E-state index in [0.29, 0.717) is 15.2 Å². The third-order valence-corrected chi connectivity index (χ3v) is 7.20. The highest BCUT2D eigenvalue weighted by Crippen LogP contribution is 2.42. The smallest absolute Gasteiger partial charge is 0.261 e. The molecule has 0 aliphatic carbocycles. The SMILES string of the molecule is O=S(=O)(Nc1cc(Cl)c(Br)c(NN2CCCCC2)c1Cl)c1ccccc1. The Hall–Kier alpha value is -0.990. The first-order valence-electron chi connectivity index (χ1n) is 8.15. The predicted octanol–water partition coefficient (Wildman–Crippen LogP) is 5.37. The molecule has 2 aromatic rings. The molecule has 0 bridgehead atoms. The van der Waals surface area contributed by atoms with E-state index in [0.717, 1.165) is 25.9 Å². The van der Waals surface area contributed by atoms with Crippen LogP contribution in [0.5, 0.6) is 0 Å². The van der Waals surface area contributed by atoms with Gasteiger partial charge in [0.15, 0.2) is 0 Å². The third kappa shape index (κ3) is 4.46. The lowest BCUT2D eigenvalue weighted by Crippen LogP contribution is -2.35. The van der Waals surface area contributed by atoms with Crippen LogP contribution < -0.4 is 10.1 Å². The van der Waals surface area contributed by atoms with Gasteiger partial charge in [-0.3, -0.25) is 4.72 Å². The quantitative estimate of drug-likeness (QED) is 0.567. The lowest BCUT2D eigenvalue weighted by Gasteiger charge is -2.29. The van der Waals surface area contributed by atoms with Crippen molar-refractivity contribution in [2.75, 3.05) is 23.2 Å². The van der Waals surface area contributed by atoms with Crippen LogP contribution in [0, 0.1) is 0 Å². The van der Waals surface area contributed by atoms with E-state index >= 15 is 0 Å². The van der Waals surface area contributed by atoms with Crippen molar-refractivity contribution >= 4 is 60.5 Å². The molecular weight excluding hydrogens is 461 g/mol. The summed E-state index contributed by atoms with van der Waals surface area (Å²) in [5, 5.41) is 2.67. The van der Waals surface area contributed by atoms with E-state index in [4.69, 9.17) is 23.2 Å². The van der Waals surface area contributed by atoms with Gasteiger partial charge in [0.2, 0.25) is 0 Å². The van der Waals surface area contributed by atoms with Crippen LogP contribution in [0.15, 0.2) is 45.8 Å². The zero-order chi connectivity index (χ0) is 18.7. The first kappa shape index (κ1) is 19.8. The number of piperidine rings is 1. The number of hydrogen-bond acceptors (Lipinski definition) is 4. The standard InChI is InChI=1S/C17H18BrCl2N3O2S/c18-15-13(19)11-14(22-26(24,25)12-7-3-1-4-8-12)16(20)17(15)21-23-9-5-2-6-10-23/h1,3-4,7-8,11,21-22H,2,5-6,9-10H2. The van der Waals surface area contributed by atoms with E-state index in [9.17, 15) is 8.42 Å². The lowest BCUT2D eigenvalue weighted by atomic mass is 10.2. The topological polar surface area (TPSA) is 61.4 Å². The summed E-state index contributed by atoms with van der Waals surface area (Å²) in [5.41, 5.74) is 4.03. The largest absolute Gasteiger partial charge is 0.316 e. The first-order chi connectivity index (χ1) is 12.4. The van der Waals surface area contributed by atoms with E-state index in [-0.39, 0.29) is 15.6 Å². The number of nitrogens with zero attached hydrogens (tertiary/aromatic N) is 1. The van der Waals surface area contributed by atoms with Crippen molar-refractivity contribution in [1.82, 2.24) is 5.01 Å². The molecular formula is C17H18BrCl2N3O2S. The lowest BCUT2D eigenvalue weighted by molar-refractivity contribution is 0.273. The highest BCUT2D eigenvalue weighted by atomic mass is 79.9. The Morgan fingerprint density at radius 1 is 1.04 bits per heavy atom. The van der Waals surface area contributed by atoms with Crippen molar-refractivity contribution in [3.8, 4) is 0 Å². The molecule has 0 amide bonds. The van der Waals surface area contributed by atoms with Crippen LogP contribution in [0.3, 0.4) is 0 Å². The number of hydrazine groups is 1. The van der Waals surface area contributed by atoms with Crippen LogP contribution in [-0.4, -0.2) is 26.5 Å². The summed E-state index contributed by atoms with van der Waals surface area (Å²) in [5.74, 6) is 0. The number of hydrogen-bond donors (Lipinski definition) is 2. The monoisotopic (exact) mass is 477 g/mol. The summed E-state index contributed by atoms with van der Waals surface area (Å²) in [7, 11) is -3.77. The minimum absolute atomic E-state index is 0.153. The molecule has 140 valence electrons. The fraction of sp³-hybridized carbons (Fsp3) is 0.294. The third-order valence-electron chi connectivity index (χ3n) is 4.08. The average Bonchev–Trinajstić information content (AvgIpc) is 2.65. The zero-order valence-corrected chi connectivity index (χ0v) is 17.7. The molecule has 3 rings (SSSR count). The van der Waals surface area contributed by atoms with Gasteiger partial charge in [-0.25, -0.2) is 13.4 Å². The van der Waals surface area contributed by atoms with Crippen molar-refractivity contribution in [2.45, 2.75) is 24.2 Å². The Morgan fingerprint density at radius 3 is 2.35 bits per heavy atom. The highest BCUT2D eigenvalue weighted by molar-refractivity contribution is 9.10. The van der Waals surface area contributed by atoms with Gasteiger partial charge in [-0.2, -0.15) is 0 Å². The second-order valence-electron chi connectivity index (χ2n) is 5.99. The molecule has 5 nitrogen and oxygen atoms in total.